The molecular formula is C13H18BrNO3. The zero-order chi connectivity index (χ0) is 13.4. The number of alkyl halides is 1. The maximum atomic E-state index is 12.0. The van der Waals surface area contributed by atoms with E-state index in [9.17, 15) is 4.79 Å². The van der Waals surface area contributed by atoms with E-state index in [1.807, 2.05) is 6.07 Å². The van der Waals surface area contributed by atoms with Gasteiger partial charge in [-0.2, -0.15) is 0 Å². The van der Waals surface area contributed by atoms with E-state index in [0.717, 1.165) is 6.42 Å². The number of carbonyl (C=O) groups excluding carboxylic acids is 1. The summed E-state index contributed by atoms with van der Waals surface area (Å²) in [6.45, 7) is 0.620. The molecule has 0 aromatic heterocycles. The predicted octanol–water partition coefficient (Wildman–Crippen LogP) is 2.23. The molecule has 0 spiro atoms. The molecule has 0 aliphatic heterocycles. The van der Waals surface area contributed by atoms with Crippen molar-refractivity contribution in [2.45, 2.75) is 12.5 Å². The second kappa shape index (κ2) is 8.11. The van der Waals surface area contributed by atoms with E-state index >= 15 is 0 Å². The Morgan fingerprint density at radius 1 is 1.44 bits per heavy atom. The van der Waals surface area contributed by atoms with Crippen LogP contribution in [-0.4, -0.2) is 38.1 Å². The molecular weight excluding hydrogens is 298 g/mol. The molecule has 100 valence electrons. The zero-order valence-electron chi connectivity index (χ0n) is 10.6. The van der Waals surface area contributed by atoms with Gasteiger partial charge in [0.05, 0.1) is 7.11 Å². The summed E-state index contributed by atoms with van der Waals surface area (Å²) in [4.78, 5) is 12.0. The van der Waals surface area contributed by atoms with Crippen molar-refractivity contribution in [1.82, 2.24) is 5.32 Å². The lowest BCUT2D eigenvalue weighted by Crippen LogP contribution is -2.36. The smallest absolute Gasteiger partial charge is 0.251 e. The van der Waals surface area contributed by atoms with Gasteiger partial charge in [0, 0.05) is 30.7 Å². The predicted molar refractivity (Wildman–Crippen MR) is 74.5 cm³/mol. The Morgan fingerprint density at radius 2 is 2.22 bits per heavy atom. The van der Waals surface area contributed by atoms with Crippen LogP contribution >= 0.6 is 15.9 Å². The van der Waals surface area contributed by atoms with E-state index in [2.05, 4.69) is 21.2 Å². The first-order valence-corrected chi connectivity index (χ1v) is 6.83. The van der Waals surface area contributed by atoms with Crippen molar-refractivity contribution in [2.24, 2.45) is 0 Å². The number of hydrogen-bond acceptors (Lipinski definition) is 3. The zero-order valence-corrected chi connectivity index (χ0v) is 12.2. The van der Waals surface area contributed by atoms with Crippen LogP contribution in [0.15, 0.2) is 24.3 Å². The minimum Gasteiger partial charge on any atom is -0.497 e. The highest BCUT2D eigenvalue weighted by atomic mass is 79.9. The lowest BCUT2D eigenvalue weighted by atomic mass is 10.1. The molecule has 18 heavy (non-hydrogen) atoms. The van der Waals surface area contributed by atoms with Gasteiger partial charge in [0.2, 0.25) is 0 Å². The number of halogens is 1. The molecule has 0 heterocycles. The summed E-state index contributed by atoms with van der Waals surface area (Å²) in [5.74, 6) is 0.574. The molecule has 0 aliphatic carbocycles. The monoisotopic (exact) mass is 315 g/mol. The van der Waals surface area contributed by atoms with Crippen molar-refractivity contribution >= 4 is 21.8 Å². The van der Waals surface area contributed by atoms with Crippen LogP contribution in [0.2, 0.25) is 0 Å². The van der Waals surface area contributed by atoms with E-state index < -0.39 is 0 Å². The Bertz CT molecular complexity index is 384. The SMILES string of the molecule is COCCC(CBr)NC(=O)c1cccc(OC)c1. The van der Waals surface area contributed by atoms with Crippen LogP contribution in [0.3, 0.4) is 0 Å². The molecule has 1 atom stereocenters. The lowest BCUT2D eigenvalue weighted by Gasteiger charge is -2.16. The van der Waals surface area contributed by atoms with Gasteiger partial charge in [0.1, 0.15) is 5.75 Å². The van der Waals surface area contributed by atoms with Crippen molar-refractivity contribution in [3.05, 3.63) is 29.8 Å². The van der Waals surface area contributed by atoms with Gasteiger partial charge in [-0.25, -0.2) is 0 Å². The number of ether oxygens (including phenoxy) is 2. The van der Waals surface area contributed by atoms with Gasteiger partial charge in [0.15, 0.2) is 0 Å². The topological polar surface area (TPSA) is 47.6 Å². The van der Waals surface area contributed by atoms with Crippen molar-refractivity contribution < 1.29 is 14.3 Å². The van der Waals surface area contributed by atoms with Crippen molar-refractivity contribution in [1.29, 1.82) is 0 Å². The highest BCUT2D eigenvalue weighted by Gasteiger charge is 2.12. The largest absolute Gasteiger partial charge is 0.497 e. The highest BCUT2D eigenvalue weighted by Crippen LogP contribution is 2.12. The van der Waals surface area contributed by atoms with Crippen molar-refractivity contribution in [2.75, 3.05) is 26.2 Å². The molecule has 0 radical (unpaired) electrons. The number of benzene rings is 1. The van der Waals surface area contributed by atoms with Gasteiger partial charge in [-0.1, -0.05) is 22.0 Å². The summed E-state index contributed by atoms with van der Waals surface area (Å²) in [5, 5.41) is 3.65. The standard InChI is InChI=1S/C13H18BrNO3/c1-17-7-6-11(9-14)15-13(16)10-4-3-5-12(8-10)18-2/h3-5,8,11H,6-7,9H2,1-2H3,(H,15,16). The lowest BCUT2D eigenvalue weighted by molar-refractivity contribution is 0.0930. The number of carbonyl (C=O) groups is 1. The first-order chi connectivity index (χ1) is 8.71. The summed E-state index contributed by atoms with van der Waals surface area (Å²) in [6, 6.07) is 7.15. The van der Waals surface area contributed by atoms with Gasteiger partial charge < -0.3 is 14.8 Å². The average molecular weight is 316 g/mol. The maximum Gasteiger partial charge on any atom is 0.251 e. The first kappa shape index (κ1) is 15.0. The Labute approximate surface area is 116 Å². The Kier molecular flexibility index (Phi) is 6.75. The summed E-state index contributed by atoms with van der Waals surface area (Å²) in [6.07, 6.45) is 0.775. The van der Waals surface area contributed by atoms with Gasteiger partial charge in [-0.05, 0) is 24.6 Å². The third-order valence-corrected chi connectivity index (χ3v) is 3.31. The van der Waals surface area contributed by atoms with E-state index in [4.69, 9.17) is 9.47 Å². The van der Waals surface area contributed by atoms with Crippen molar-refractivity contribution in [3.63, 3.8) is 0 Å². The molecule has 5 heteroatoms. The number of nitrogens with one attached hydrogen (secondary N) is 1. The second-order valence-corrected chi connectivity index (χ2v) is 4.49. The van der Waals surface area contributed by atoms with Crippen LogP contribution in [0.4, 0.5) is 0 Å². The molecule has 1 aromatic rings. The van der Waals surface area contributed by atoms with Gasteiger partial charge in [-0.15, -0.1) is 0 Å². The van der Waals surface area contributed by atoms with Crippen LogP contribution in [-0.2, 0) is 4.74 Å². The minimum absolute atomic E-state index is 0.0589. The molecule has 0 bridgehead atoms. The van der Waals surface area contributed by atoms with E-state index in [1.54, 1.807) is 32.4 Å². The minimum atomic E-state index is -0.102. The molecule has 0 aliphatic rings. The quantitative estimate of drug-likeness (QED) is 0.785. The molecule has 4 nitrogen and oxygen atoms in total. The Morgan fingerprint density at radius 3 is 2.83 bits per heavy atom. The highest BCUT2D eigenvalue weighted by molar-refractivity contribution is 9.09. The molecule has 0 saturated carbocycles. The van der Waals surface area contributed by atoms with E-state index in [1.165, 1.54) is 0 Å². The third-order valence-electron chi connectivity index (χ3n) is 2.52. The molecule has 1 rings (SSSR count). The van der Waals surface area contributed by atoms with Gasteiger partial charge in [0.25, 0.3) is 5.91 Å². The number of methoxy groups -OCH3 is 2. The van der Waals surface area contributed by atoms with Crippen molar-refractivity contribution in [3.8, 4) is 5.75 Å². The van der Waals surface area contributed by atoms with Crippen LogP contribution in [0, 0.1) is 0 Å². The maximum absolute atomic E-state index is 12.0. The fourth-order valence-electron chi connectivity index (χ4n) is 1.48. The molecule has 1 unspecified atom stereocenters. The fourth-order valence-corrected chi connectivity index (χ4v) is 1.97. The van der Waals surface area contributed by atoms with E-state index in [-0.39, 0.29) is 11.9 Å². The molecule has 1 N–H and O–H groups in total. The summed E-state index contributed by atoms with van der Waals surface area (Å²) >= 11 is 3.38. The molecule has 1 aromatic carbocycles. The van der Waals surface area contributed by atoms with Crippen LogP contribution < -0.4 is 10.1 Å². The third kappa shape index (κ3) is 4.66. The summed E-state index contributed by atoms with van der Waals surface area (Å²) in [5.41, 5.74) is 0.595. The van der Waals surface area contributed by atoms with Crippen LogP contribution in [0.1, 0.15) is 16.8 Å². The summed E-state index contributed by atoms with van der Waals surface area (Å²) in [7, 11) is 3.23. The van der Waals surface area contributed by atoms with Gasteiger partial charge >= 0.3 is 0 Å². The summed E-state index contributed by atoms with van der Waals surface area (Å²) < 4.78 is 10.1. The van der Waals surface area contributed by atoms with Crippen LogP contribution in [0.5, 0.6) is 5.75 Å². The normalized spacial score (nSPS) is 11.9. The molecule has 1 amide bonds. The number of amides is 1. The van der Waals surface area contributed by atoms with Gasteiger partial charge in [-0.3, -0.25) is 4.79 Å². The second-order valence-electron chi connectivity index (χ2n) is 3.84. The Hall–Kier alpha value is -1.07. The molecule has 0 saturated heterocycles. The average Bonchev–Trinajstić information content (AvgIpc) is 2.43. The molecule has 0 fully saturated rings. The fraction of sp³-hybridized carbons (Fsp3) is 0.462. The first-order valence-electron chi connectivity index (χ1n) is 5.71. The Balaban J connectivity index is 2.62. The van der Waals surface area contributed by atoms with Crippen LogP contribution in [0.25, 0.3) is 0 Å². The van der Waals surface area contributed by atoms with E-state index in [0.29, 0.717) is 23.2 Å². The number of rotatable bonds is 7. The number of hydrogen-bond donors (Lipinski definition) is 1.